The van der Waals surface area contributed by atoms with Gasteiger partial charge in [-0.15, -0.1) is 11.3 Å². The molecule has 18 heavy (non-hydrogen) atoms. The third-order valence-corrected chi connectivity index (χ3v) is 3.90. The first kappa shape index (κ1) is 9.85. The molecule has 0 radical (unpaired) electrons. The Balaban J connectivity index is 2.02. The number of nitrogens with zero attached hydrogens (tertiary/aromatic N) is 2. The summed E-state index contributed by atoms with van der Waals surface area (Å²) in [5, 5.41) is 2.07. The SMILES string of the molecule is c1ccc(-c2ccc3nc4sccn4c3c2)cc1. The van der Waals surface area contributed by atoms with Gasteiger partial charge in [-0.2, -0.15) is 0 Å². The Morgan fingerprint density at radius 1 is 0.944 bits per heavy atom. The minimum absolute atomic E-state index is 1.05. The normalized spacial score (nSPS) is 11.3. The van der Waals surface area contributed by atoms with Crippen LogP contribution in [0.4, 0.5) is 0 Å². The zero-order valence-corrected chi connectivity index (χ0v) is 10.4. The second-order valence-corrected chi connectivity index (χ2v) is 5.11. The molecule has 2 aromatic heterocycles. The van der Waals surface area contributed by atoms with E-state index in [1.807, 2.05) is 6.07 Å². The molecule has 3 heteroatoms. The minimum Gasteiger partial charge on any atom is -0.290 e. The van der Waals surface area contributed by atoms with E-state index in [-0.39, 0.29) is 0 Å². The Bertz CT molecular complexity index is 827. The molecule has 0 aliphatic heterocycles. The predicted molar refractivity (Wildman–Crippen MR) is 76.0 cm³/mol. The first-order valence-electron chi connectivity index (χ1n) is 5.82. The summed E-state index contributed by atoms with van der Waals surface area (Å²) in [6, 6.07) is 16.9. The second kappa shape index (κ2) is 3.68. The van der Waals surface area contributed by atoms with Crippen molar-refractivity contribution >= 4 is 27.3 Å². The van der Waals surface area contributed by atoms with Crippen molar-refractivity contribution in [2.75, 3.05) is 0 Å². The second-order valence-electron chi connectivity index (χ2n) is 4.24. The van der Waals surface area contributed by atoms with Gasteiger partial charge >= 0.3 is 0 Å². The summed E-state index contributed by atoms with van der Waals surface area (Å²) in [5.41, 5.74) is 4.70. The number of aromatic nitrogens is 2. The van der Waals surface area contributed by atoms with Crippen LogP contribution in [0.1, 0.15) is 0 Å². The summed E-state index contributed by atoms with van der Waals surface area (Å²) < 4.78 is 2.15. The first-order chi connectivity index (χ1) is 8.92. The fraction of sp³-hybridized carbons (Fsp3) is 0. The molecule has 0 aliphatic carbocycles. The molecule has 0 unspecified atom stereocenters. The van der Waals surface area contributed by atoms with Gasteiger partial charge in [-0.05, 0) is 23.3 Å². The lowest BCUT2D eigenvalue weighted by molar-refractivity contribution is 1.28. The van der Waals surface area contributed by atoms with E-state index in [1.54, 1.807) is 11.3 Å². The van der Waals surface area contributed by atoms with E-state index in [0.29, 0.717) is 0 Å². The molecule has 4 aromatic rings. The molecule has 0 N–H and O–H groups in total. The zero-order valence-electron chi connectivity index (χ0n) is 9.58. The van der Waals surface area contributed by atoms with Gasteiger partial charge in [0.2, 0.25) is 0 Å². The lowest BCUT2D eigenvalue weighted by Crippen LogP contribution is -1.80. The Hall–Kier alpha value is -2.13. The molecule has 4 rings (SSSR count). The Morgan fingerprint density at radius 3 is 2.72 bits per heavy atom. The fourth-order valence-corrected chi connectivity index (χ4v) is 2.99. The highest BCUT2D eigenvalue weighted by Gasteiger charge is 2.06. The van der Waals surface area contributed by atoms with Gasteiger partial charge in [-0.3, -0.25) is 4.40 Å². The molecule has 0 amide bonds. The van der Waals surface area contributed by atoms with Crippen LogP contribution in [0.2, 0.25) is 0 Å². The third-order valence-electron chi connectivity index (χ3n) is 3.15. The van der Waals surface area contributed by atoms with Gasteiger partial charge in [0.15, 0.2) is 4.96 Å². The Morgan fingerprint density at radius 2 is 1.83 bits per heavy atom. The first-order valence-corrected chi connectivity index (χ1v) is 6.70. The monoisotopic (exact) mass is 250 g/mol. The maximum Gasteiger partial charge on any atom is 0.194 e. The van der Waals surface area contributed by atoms with Crippen molar-refractivity contribution in [2.24, 2.45) is 0 Å². The standard InChI is InChI=1S/C15H10N2S/c1-2-4-11(5-3-1)12-6-7-13-14(10-12)17-8-9-18-15(17)16-13/h1-10H. The van der Waals surface area contributed by atoms with E-state index < -0.39 is 0 Å². The Kier molecular flexibility index (Phi) is 2.02. The van der Waals surface area contributed by atoms with Gasteiger partial charge in [0, 0.05) is 11.6 Å². The summed E-state index contributed by atoms with van der Waals surface area (Å²) >= 11 is 1.67. The molecule has 0 atom stereocenters. The number of benzene rings is 2. The fourth-order valence-electron chi connectivity index (χ4n) is 2.26. The molecule has 0 fully saturated rings. The number of thiazole rings is 1. The average Bonchev–Trinajstić information content (AvgIpc) is 2.99. The molecule has 2 heterocycles. The molecule has 2 aromatic carbocycles. The van der Waals surface area contributed by atoms with Gasteiger partial charge in [0.1, 0.15) is 0 Å². The van der Waals surface area contributed by atoms with E-state index in [9.17, 15) is 0 Å². The van der Waals surface area contributed by atoms with Crippen molar-refractivity contribution in [3.8, 4) is 11.1 Å². The van der Waals surface area contributed by atoms with Gasteiger partial charge in [0.05, 0.1) is 11.0 Å². The van der Waals surface area contributed by atoms with Gasteiger partial charge in [-0.1, -0.05) is 36.4 Å². The Labute approximate surface area is 108 Å². The van der Waals surface area contributed by atoms with Crippen LogP contribution in [0, 0.1) is 0 Å². The number of rotatable bonds is 1. The zero-order chi connectivity index (χ0) is 11.9. The molecular formula is C15H10N2S. The van der Waals surface area contributed by atoms with Crippen LogP contribution in [-0.2, 0) is 0 Å². The van der Waals surface area contributed by atoms with E-state index in [2.05, 4.69) is 63.4 Å². The molecule has 0 saturated heterocycles. The van der Waals surface area contributed by atoms with E-state index in [0.717, 1.165) is 10.5 Å². The molecule has 0 bridgehead atoms. The van der Waals surface area contributed by atoms with Crippen LogP contribution in [0.3, 0.4) is 0 Å². The number of fused-ring (bicyclic) bond motifs is 3. The van der Waals surface area contributed by atoms with Crippen molar-refractivity contribution < 1.29 is 0 Å². The number of hydrogen-bond donors (Lipinski definition) is 0. The maximum absolute atomic E-state index is 4.59. The molecule has 0 spiro atoms. The van der Waals surface area contributed by atoms with Gasteiger partial charge < -0.3 is 0 Å². The van der Waals surface area contributed by atoms with Gasteiger partial charge in [0.25, 0.3) is 0 Å². The van der Waals surface area contributed by atoms with E-state index in [4.69, 9.17) is 0 Å². The summed E-state index contributed by atoms with van der Waals surface area (Å²) in [7, 11) is 0. The predicted octanol–water partition coefficient (Wildman–Crippen LogP) is 4.22. The molecule has 0 aliphatic rings. The molecular weight excluding hydrogens is 240 g/mol. The quantitative estimate of drug-likeness (QED) is 0.494. The lowest BCUT2D eigenvalue weighted by Gasteiger charge is -2.01. The highest BCUT2D eigenvalue weighted by Crippen LogP contribution is 2.26. The molecule has 2 nitrogen and oxygen atoms in total. The highest BCUT2D eigenvalue weighted by atomic mass is 32.1. The smallest absolute Gasteiger partial charge is 0.194 e. The minimum atomic E-state index is 1.05. The van der Waals surface area contributed by atoms with Crippen LogP contribution in [-0.4, -0.2) is 9.38 Å². The topological polar surface area (TPSA) is 17.3 Å². The van der Waals surface area contributed by atoms with Crippen LogP contribution in [0.5, 0.6) is 0 Å². The molecule has 0 saturated carbocycles. The summed E-state index contributed by atoms with van der Waals surface area (Å²) in [4.78, 5) is 5.64. The van der Waals surface area contributed by atoms with Crippen LogP contribution < -0.4 is 0 Å². The molecule has 86 valence electrons. The largest absolute Gasteiger partial charge is 0.290 e. The van der Waals surface area contributed by atoms with Crippen LogP contribution in [0.15, 0.2) is 60.1 Å². The van der Waals surface area contributed by atoms with E-state index >= 15 is 0 Å². The third kappa shape index (κ3) is 1.38. The van der Waals surface area contributed by atoms with Crippen molar-refractivity contribution in [2.45, 2.75) is 0 Å². The van der Waals surface area contributed by atoms with E-state index in [1.165, 1.54) is 16.6 Å². The van der Waals surface area contributed by atoms with Crippen molar-refractivity contribution in [1.29, 1.82) is 0 Å². The lowest BCUT2D eigenvalue weighted by atomic mass is 10.1. The summed E-state index contributed by atoms with van der Waals surface area (Å²) in [6.07, 6.45) is 2.07. The van der Waals surface area contributed by atoms with Crippen LogP contribution >= 0.6 is 11.3 Å². The van der Waals surface area contributed by atoms with Gasteiger partial charge in [-0.25, -0.2) is 4.98 Å². The number of imidazole rings is 1. The van der Waals surface area contributed by atoms with Crippen molar-refractivity contribution in [3.05, 3.63) is 60.1 Å². The average molecular weight is 250 g/mol. The van der Waals surface area contributed by atoms with Crippen molar-refractivity contribution in [3.63, 3.8) is 0 Å². The summed E-state index contributed by atoms with van der Waals surface area (Å²) in [6.45, 7) is 0. The van der Waals surface area contributed by atoms with Crippen LogP contribution in [0.25, 0.3) is 27.1 Å². The number of hydrogen-bond acceptors (Lipinski definition) is 2. The van der Waals surface area contributed by atoms with Crippen molar-refractivity contribution in [1.82, 2.24) is 9.38 Å². The highest BCUT2D eigenvalue weighted by molar-refractivity contribution is 7.15. The maximum atomic E-state index is 4.59. The summed E-state index contributed by atoms with van der Waals surface area (Å²) in [5.74, 6) is 0.